The van der Waals surface area contributed by atoms with Gasteiger partial charge < -0.3 is 4.74 Å². The molecule has 0 unspecified atom stereocenters. The highest BCUT2D eigenvalue weighted by Crippen LogP contribution is 2.42. The van der Waals surface area contributed by atoms with E-state index >= 15 is 0 Å². The van der Waals surface area contributed by atoms with Gasteiger partial charge in [-0.05, 0) is 37.3 Å². The van der Waals surface area contributed by atoms with Crippen LogP contribution in [0.15, 0.2) is 54.6 Å². The van der Waals surface area contributed by atoms with Crippen molar-refractivity contribution >= 4 is 23.3 Å². The zero-order chi connectivity index (χ0) is 19.7. The molecule has 2 aromatic rings. The maximum atomic E-state index is 12.9. The van der Waals surface area contributed by atoms with Gasteiger partial charge in [0.2, 0.25) is 11.8 Å². The van der Waals surface area contributed by atoms with E-state index in [0.29, 0.717) is 22.9 Å². The fourth-order valence-electron chi connectivity index (χ4n) is 4.21. The van der Waals surface area contributed by atoms with Crippen LogP contribution in [-0.2, 0) is 9.59 Å². The Labute approximate surface area is 164 Å². The minimum atomic E-state index is -0.208. The van der Waals surface area contributed by atoms with Crippen molar-refractivity contribution in [2.24, 2.45) is 17.8 Å². The van der Waals surface area contributed by atoms with Gasteiger partial charge in [0.15, 0.2) is 12.4 Å². The average Bonchev–Trinajstić information content (AvgIpc) is 2.96. The van der Waals surface area contributed by atoms with Gasteiger partial charge in [0.05, 0.1) is 17.5 Å². The number of anilines is 1. The summed E-state index contributed by atoms with van der Waals surface area (Å²) in [6, 6.07) is 15.8. The summed E-state index contributed by atoms with van der Waals surface area (Å²) in [5.74, 6) is 0.175. The number of carbonyl (C=O) groups excluding carboxylic acids is 3. The van der Waals surface area contributed by atoms with Crippen LogP contribution in [0.5, 0.6) is 5.75 Å². The molecule has 1 aliphatic carbocycles. The van der Waals surface area contributed by atoms with E-state index in [9.17, 15) is 14.4 Å². The van der Waals surface area contributed by atoms with E-state index < -0.39 is 0 Å². The standard InChI is InChI=1S/C23H23NO4/c1-15-10-11-19-20(12-15)23(27)24(22(19)26)17-8-5-9-18(13-17)28-14-21(25)16-6-3-2-4-7-16/h2-9,13,15,19-20H,10-12,14H2,1H3/t15-,19-,20+/m1/s1. The summed E-state index contributed by atoms with van der Waals surface area (Å²) in [5, 5.41) is 0. The lowest BCUT2D eigenvalue weighted by molar-refractivity contribution is -0.122. The molecular weight excluding hydrogens is 354 g/mol. The topological polar surface area (TPSA) is 63.7 Å². The van der Waals surface area contributed by atoms with Crippen LogP contribution < -0.4 is 9.64 Å². The summed E-state index contributed by atoms with van der Waals surface area (Å²) in [6.07, 6.45) is 2.53. The predicted molar refractivity (Wildman–Crippen MR) is 105 cm³/mol. The van der Waals surface area contributed by atoms with Crippen molar-refractivity contribution in [1.29, 1.82) is 0 Å². The van der Waals surface area contributed by atoms with Gasteiger partial charge in [-0.25, -0.2) is 4.90 Å². The number of amides is 2. The molecule has 144 valence electrons. The van der Waals surface area contributed by atoms with Crippen LogP contribution in [0.3, 0.4) is 0 Å². The highest BCUT2D eigenvalue weighted by Gasteiger charge is 2.49. The molecule has 0 N–H and O–H groups in total. The first-order valence-electron chi connectivity index (χ1n) is 9.73. The Hall–Kier alpha value is -2.95. The molecule has 2 aromatic carbocycles. The minimum Gasteiger partial charge on any atom is -0.485 e. The molecule has 1 heterocycles. The van der Waals surface area contributed by atoms with Crippen molar-refractivity contribution in [3.05, 3.63) is 60.2 Å². The fraction of sp³-hybridized carbons (Fsp3) is 0.348. The van der Waals surface area contributed by atoms with Gasteiger partial charge in [0.25, 0.3) is 0 Å². The van der Waals surface area contributed by atoms with Gasteiger partial charge in [-0.2, -0.15) is 0 Å². The minimum absolute atomic E-state index is 0.0991. The Kier molecular flexibility index (Phi) is 4.99. The zero-order valence-electron chi connectivity index (χ0n) is 15.8. The second-order valence-corrected chi connectivity index (χ2v) is 7.72. The lowest BCUT2D eigenvalue weighted by Crippen LogP contribution is -2.30. The number of benzene rings is 2. The van der Waals surface area contributed by atoms with Crippen LogP contribution in [-0.4, -0.2) is 24.2 Å². The molecule has 2 fully saturated rings. The third-order valence-electron chi connectivity index (χ3n) is 5.73. The molecule has 0 radical (unpaired) electrons. The Bertz CT molecular complexity index is 908. The molecule has 2 aliphatic rings. The third-order valence-corrected chi connectivity index (χ3v) is 5.73. The highest BCUT2D eigenvalue weighted by molar-refractivity contribution is 6.22. The summed E-state index contributed by atoms with van der Waals surface area (Å²) in [7, 11) is 0. The van der Waals surface area contributed by atoms with Gasteiger partial charge >= 0.3 is 0 Å². The summed E-state index contributed by atoms with van der Waals surface area (Å²) < 4.78 is 5.63. The third kappa shape index (κ3) is 3.44. The summed E-state index contributed by atoms with van der Waals surface area (Å²) in [6.45, 7) is 2.03. The number of Topliss-reactive ketones (excluding diaryl/α,β-unsaturated/α-hetero) is 1. The van der Waals surface area contributed by atoms with E-state index in [1.807, 2.05) is 6.07 Å². The van der Waals surface area contributed by atoms with Crippen LogP contribution in [0.1, 0.15) is 36.5 Å². The first kappa shape index (κ1) is 18.4. The first-order chi connectivity index (χ1) is 13.5. The number of hydrogen-bond acceptors (Lipinski definition) is 4. The van der Waals surface area contributed by atoms with Crippen molar-refractivity contribution in [3.8, 4) is 5.75 Å². The largest absolute Gasteiger partial charge is 0.485 e. The van der Waals surface area contributed by atoms with Crippen molar-refractivity contribution < 1.29 is 19.1 Å². The number of ketones is 1. The second kappa shape index (κ2) is 7.58. The number of imide groups is 1. The molecule has 1 saturated heterocycles. The van der Waals surface area contributed by atoms with Crippen LogP contribution in [0.2, 0.25) is 0 Å². The molecule has 0 bridgehead atoms. The monoisotopic (exact) mass is 377 g/mol. The van der Waals surface area contributed by atoms with E-state index in [0.717, 1.165) is 19.3 Å². The number of fused-ring (bicyclic) bond motifs is 1. The summed E-state index contributed by atoms with van der Waals surface area (Å²) in [4.78, 5) is 39.2. The number of carbonyl (C=O) groups is 3. The average molecular weight is 377 g/mol. The van der Waals surface area contributed by atoms with E-state index in [1.54, 1.807) is 48.5 Å². The molecule has 5 nitrogen and oxygen atoms in total. The van der Waals surface area contributed by atoms with Crippen molar-refractivity contribution in [2.45, 2.75) is 26.2 Å². The Morgan fingerprint density at radius 1 is 1.00 bits per heavy atom. The number of hydrogen-bond donors (Lipinski definition) is 0. The predicted octanol–water partition coefficient (Wildman–Crippen LogP) is 3.87. The molecule has 3 atom stereocenters. The van der Waals surface area contributed by atoms with Gasteiger partial charge in [0.1, 0.15) is 5.75 Å². The van der Waals surface area contributed by atoms with E-state index in [2.05, 4.69) is 6.92 Å². The van der Waals surface area contributed by atoms with Gasteiger partial charge in [-0.3, -0.25) is 14.4 Å². The van der Waals surface area contributed by atoms with Crippen LogP contribution in [0.25, 0.3) is 0 Å². The molecule has 4 rings (SSSR count). The molecule has 2 amide bonds. The lowest BCUT2D eigenvalue weighted by atomic mass is 9.76. The maximum absolute atomic E-state index is 12.9. The molecule has 0 aromatic heterocycles. The van der Waals surface area contributed by atoms with Gasteiger partial charge in [-0.15, -0.1) is 0 Å². The van der Waals surface area contributed by atoms with E-state index in [-0.39, 0.29) is 36.0 Å². The van der Waals surface area contributed by atoms with E-state index in [4.69, 9.17) is 4.74 Å². The number of nitrogens with zero attached hydrogens (tertiary/aromatic N) is 1. The van der Waals surface area contributed by atoms with Crippen molar-refractivity contribution in [3.63, 3.8) is 0 Å². The molecular formula is C23H23NO4. The molecule has 1 aliphatic heterocycles. The van der Waals surface area contributed by atoms with Crippen molar-refractivity contribution in [2.75, 3.05) is 11.5 Å². The Morgan fingerprint density at radius 3 is 2.54 bits per heavy atom. The number of ether oxygens (including phenoxy) is 1. The number of rotatable bonds is 5. The Balaban J connectivity index is 1.49. The Morgan fingerprint density at radius 2 is 1.75 bits per heavy atom. The van der Waals surface area contributed by atoms with Crippen LogP contribution in [0, 0.1) is 17.8 Å². The maximum Gasteiger partial charge on any atom is 0.237 e. The zero-order valence-corrected chi connectivity index (χ0v) is 15.8. The summed E-state index contributed by atoms with van der Waals surface area (Å²) >= 11 is 0. The molecule has 1 saturated carbocycles. The molecule has 0 spiro atoms. The van der Waals surface area contributed by atoms with Crippen LogP contribution >= 0.6 is 0 Å². The first-order valence-corrected chi connectivity index (χ1v) is 9.73. The van der Waals surface area contributed by atoms with E-state index in [1.165, 1.54) is 4.90 Å². The second-order valence-electron chi connectivity index (χ2n) is 7.72. The molecule has 28 heavy (non-hydrogen) atoms. The van der Waals surface area contributed by atoms with Gasteiger partial charge in [-0.1, -0.05) is 43.3 Å². The normalized spacial score (nSPS) is 24.2. The van der Waals surface area contributed by atoms with Gasteiger partial charge in [0, 0.05) is 11.6 Å². The molecule has 5 heteroatoms. The fourth-order valence-corrected chi connectivity index (χ4v) is 4.21. The smallest absolute Gasteiger partial charge is 0.237 e. The SMILES string of the molecule is C[C@@H]1CC[C@H]2C(=O)N(c3cccc(OCC(=O)c4ccccc4)c3)C(=O)[C@H]2C1. The quantitative estimate of drug-likeness (QED) is 0.586. The van der Waals surface area contributed by atoms with Crippen molar-refractivity contribution in [1.82, 2.24) is 0 Å². The van der Waals surface area contributed by atoms with Crippen LogP contribution in [0.4, 0.5) is 5.69 Å². The lowest BCUT2D eigenvalue weighted by Gasteiger charge is -2.25. The highest BCUT2D eigenvalue weighted by atomic mass is 16.5. The summed E-state index contributed by atoms with van der Waals surface area (Å²) in [5.41, 5.74) is 1.10.